The lowest BCUT2D eigenvalue weighted by Gasteiger charge is -2.06. The van der Waals surface area contributed by atoms with E-state index < -0.39 is 0 Å². The molecular formula is C12H13BrN2OS. The molecule has 1 heterocycles. The van der Waals surface area contributed by atoms with Gasteiger partial charge < -0.3 is 10.5 Å². The molecule has 0 radical (unpaired) electrons. The Kier molecular flexibility index (Phi) is 3.69. The Morgan fingerprint density at radius 3 is 2.82 bits per heavy atom. The summed E-state index contributed by atoms with van der Waals surface area (Å²) in [5.41, 5.74) is 7.89. The highest BCUT2D eigenvalue weighted by molar-refractivity contribution is 9.10. The Balaban J connectivity index is 2.27. The van der Waals surface area contributed by atoms with E-state index in [1.807, 2.05) is 19.1 Å². The van der Waals surface area contributed by atoms with Crippen molar-refractivity contribution in [1.82, 2.24) is 4.98 Å². The molecule has 0 unspecified atom stereocenters. The minimum absolute atomic E-state index is 0.626. The molecule has 2 rings (SSSR count). The van der Waals surface area contributed by atoms with E-state index in [0.29, 0.717) is 5.13 Å². The summed E-state index contributed by atoms with van der Waals surface area (Å²) in [6.45, 7) is 1.98. The van der Waals surface area contributed by atoms with Gasteiger partial charge in [-0.3, -0.25) is 0 Å². The minimum Gasteiger partial charge on any atom is -0.496 e. The maximum absolute atomic E-state index is 5.69. The normalized spacial score (nSPS) is 10.5. The zero-order chi connectivity index (χ0) is 12.4. The maximum Gasteiger partial charge on any atom is 0.180 e. The van der Waals surface area contributed by atoms with Crippen LogP contribution in [0.2, 0.25) is 0 Å². The van der Waals surface area contributed by atoms with Gasteiger partial charge in [-0.1, -0.05) is 6.07 Å². The molecule has 0 aliphatic heterocycles. The first kappa shape index (κ1) is 12.4. The highest BCUT2D eigenvalue weighted by Crippen LogP contribution is 2.28. The van der Waals surface area contributed by atoms with Gasteiger partial charge in [0.25, 0.3) is 0 Å². The van der Waals surface area contributed by atoms with Crippen molar-refractivity contribution in [2.45, 2.75) is 13.3 Å². The number of hydrogen-bond acceptors (Lipinski definition) is 4. The van der Waals surface area contributed by atoms with Crippen LogP contribution in [0.1, 0.15) is 16.1 Å². The molecule has 0 aliphatic rings. The summed E-state index contributed by atoms with van der Waals surface area (Å²) in [6.07, 6.45) is 0.838. The molecule has 17 heavy (non-hydrogen) atoms. The molecule has 5 heteroatoms. The van der Waals surface area contributed by atoms with E-state index in [9.17, 15) is 0 Å². The number of rotatable bonds is 3. The van der Waals surface area contributed by atoms with Crippen LogP contribution in [0.15, 0.2) is 22.7 Å². The van der Waals surface area contributed by atoms with Crippen LogP contribution in [0.3, 0.4) is 0 Å². The third-order valence-electron chi connectivity index (χ3n) is 2.49. The number of nitrogens with zero attached hydrogens (tertiary/aromatic N) is 1. The van der Waals surface area contributed by atoms with E-state index in [-0.39, 0.29) is 0 Å². The molecule has 2 aromatic rings. The minimum atomic E-state index is 0.626. The molecule has 0 amide bonds. The van der Waals surface area contributed by atoms with Crippen molar-refractivity contribution in [2.24, 2.45) is 0 Å². The zero-order valence-electron chi connectivity index (χ0n) is 9.66. The number of halogens is 1. The van der Waals surface area contributed by atoms with E-state index in [0.717, 1.165) is 22.3 Å². The predicted molar refractivity (Wildman–Crippen MR) is 74.8 cm³/mol. The quantitative estimate of drug-likeness (QED) is 0.945. The molecule has 0 atom stereocenters. The third kappa shape index (κ3) is 2.79. The highest BCUT2D eigenvalue weighted by atomic mass is 79.9. The summed E-state index contributed by atoms with van der Waals surface area (Å²) in [7, 11) is 1.67. The van der Waals surface area contributed by atoms with Gasteiger partial charge in [-0.15, -0.1) is 11.3 Å². The fourth-order valence-corrected chi connectivity index (χ4v) is 2.89. The topological polar surface area (TPSA) is 48.1 Å². The molecule has 0 spiro atoms. The lowest BCUT2D eigenvalue weighted by molar-refractivity contribution is 0.411. The average molecular weight is 313 g/mol. The first-order chi connectivity index (χ1) is 8.10. The van der Waals surface area contributed by atoms with E-state index in [4.69, 9.17) is 10.5 Å². The van der Waals surface area contributed by atoms with Crippen LogP contribution in [0.25, 0.3) is 0 Å². The average Bonchev–Trinajstić information content (AvgIpc) is 2.60. The van der Waals surface area contributed by atoms with Crippen LogP contribution in [0, 0.1) is 6.92 Å². The van der Waals surface area contributed by atoms with Crippen molar-refractivity contribution in [3.63, 3.8) is 0 Å². The second-order valence-electron chi connectivity index (χ2n) is 3.71. The van der Waals surface area contributed by atoms with Crippen molar-refractivity contribution < 1.29 is 4.74 Å². The van der Waals surface area contributed by atoms with E-state index in [2.05, 4.69) is 27.0 Å². The summed E-state index contributed by atoms with van der Waals surface area (Å²) in [6, 6.07) is 6.09. The van der Waals surface area contributed by atoms with Crippen LogP contribution in [-0.2, 0) is 6.42 Å². The van der Waals surface area contributed by atoms with Crippen LogP contribution in [-0.4, -0.2) is 12.1 Å². The molecule has 1 aromatic heterocycles. The smallest absolute Gasteiger partial charge is 0.180 e. The standard InChI is InChI=1S/C12H13BrN2OS/c1-7-11(17-12(14)15-7)6-8-3-4-9(13)10(5-8)16-2/h3-5H,6H2,1-2H3,(H2,14,15). The van der Waals surface area contributed by atoms with Crippen LogP contribution < -0.4 is 10.5 Å². The SMILES string of the molecule is COc1cc(Cc2sc(N)nc2C)ccc1Br. The molecule has 90 valence electrons. The van der Waals surface area contributed by atoms with Gasteiger partial charge in [0.2, 0.25) is 0 Å². The van der Waals surface area contributed by atoms with Crippen molar-refractivity contribution in [3.05, 3.63) is 38.8 Å². The maximum atomic E-state index is 5.69. The van der Waals surface area contributed by atoms with Crippen LogP contribution in [0.5, 0.6) is 5.75 Å². The highest BCUT2D eigenvalue weighted by Gasteiger charge is 2.08. The fraction of sp³-hybridized carbons (Fsp3) is 0.250. The molecule has 0 saturated carbocycles. The van der Waals surface area contributed by atoms with Gasteiger partial charge in [-0.25, -0.2) is 4.98 Å². The molecule has 2 N–H and O–H groups in total. The van der Waals surface area contributed by atoms with Crippen molar-refractivity contribution >= 4 is 32.4 Å². The Hall–Kier alpha value is -1.07. The number of hydrogen-bond donors (Lipinski definition) is 1. The molecule has 0 aliphatic carbocycles. The monoisotopic (exact) mass is 312 g/mol. The van der Waals surface area contributed by atoms with E-state index >= 15 is 0 Å². The number of methoxy groups -OCH3 is 1. The molecule has 0 fully saturated rings. The Labute approximate surface area is 113 Å². The first-order valence-corrected chi connectivity index (χ1v) is 6.75. The molecule has 1 aromatic carbocycles. The Bertz CT molecular complexity index is 539. The molecule has 3 nitrogen and oxygen atoms in total. The van der Waals surface area contributed by atoms with Gasteiger partial charge >= 0.3 is 0 Å². The second kappa shape index (κ2) is 5.06. The van der Waals surface area contributed by atoms with Crippen molar-refractivity contribution in [3.8, 4) is 5.75 Å². The van der Waals surface area contributed by atoms with Gasteiger partial charge in [-0.2, -0.15) is 0 Å². The summed E-state index contributed by atoms with van der Waals surface area (Å²) in [5, 5.41) is 0.626. The summed E-state index contributed by atoms with van der Waals surface area (Å²) in [4.78, 5) is 5.42. The number of benzene rings is 1. The Morgan fingerprint density at radius 2 is 2.24 bits per heavy atom. The van der Waals surface area contributed by atoms with E-state index in [1.54, 1.807) is 18.4 Å². The third-order valence-corrected chi connectivity index (χ3v) is 4.13. The number of ether oxygens (including phenoxy) is 1. The molecular weight excluding hydrogens is 300 g/mol. The van der Waals surface area contributed by atoms with Gasteiger partial charge in [0.15, 0.2) is 5.13 Å². The zero-order valence-corrected chi connectivity index (χ0v) is 12.1. The second-order valence-corrected chi connectivity index (χ2v) is 5.68. The summed E-state index contributed by atoms with van der Waals surface area (Å²) in [5.74, 6) is 0.845. The lowest BCUT2D eigenvalue weighted by Crippen LogP contribution is -1.91. The van der Waals surface area contributed by atoms with Crippen LogP contribution >= 0.6 is 27.3 Å². The van der Waals surface area contributed by atoms with Crippen molar-refractivity contribution in [1.29, 1.82) is 0 Å². The summed E-state index contributed by atoms with van der Waals surface area (Å²) < 4.78 is 6.24. The number of aryl methyl sites for hydroxylation is 1. The Morgan fingerprint density at radius 1 is 1.47 bits per heavy atom. The number of aromatic nitrogens is 1. The van der Waals surface area contributed by atoms with Crippen molar-refractivity contribution in [2.75, 3.05) is 12.8 Å². The molecule has 0 saturated heterocycles. The van der Waals surface area contributed by atoms with Gasteiger partial charge in [0, 0.05) is 11.3 Å². The lowest BCUT2D eigenvalue weighted by atomic mass is 10.1. The largest absolute Gasteiger partial charge is 0.496 e. The number of anilines is 1. The number of nitrogen functional groups attached to an aromatic ring is 1. The number of nitrogens with two attached hydrogens (primary N) is 1. The molecule has 0 bridgehead atoms. The van der Waals surface area contributed by atoms with Gasteiger partial charge in [0.1, 0.15) is 5.75 Å². The van der Waals surface area contributed by atoms with Gasteiger partial charge in [0.05, 0.1) is 17.3 Å². The fourth-order valence-electron chi connectivity index (χ4n) is 1.61. The predicted octanol–water partition coefficient (Wildman–Crippen LogP) is 3.40. The van der Waals surface area contributed by atoms with Gasteiger partial charge in [-0.05, 0) is 40.5 Å². The van der Waals surface area contributed by atoms with E-state index in [1.165, 1.54) is 10.4 Å². The number of thiazole rings is 1. The first-order valence-electron chi connectivity index (χ1n) is 5.14. The van der Waals surface area contributed by atoms with Crippen LogP contribution in [0.4, 0.5) is 5.13 Å². The summed E-state index contributed by atoms with van der Waals surface area (Å²) >= 11 is 4.98.